The lowest BCUT2D eigenvalue weighted by Gasteiger charge is -2.07. The Morgan fingerprint density at radius 3 is 2.89 bits per heavy atom. The van der Waals surface area contributed by atoms with Gasteiger partial charge in [-0.15, -0.1) is 0 Å². The minimum Gasteiger partial charge on any atom is -0.496 e. The highest BCUT2D eigenvalue weighted by Crippen LogP contribution is 2.31. The molecule has 0 saturated carbocycles. The lowest BCUT2D eigenvalue weighted by molar-refractivity contribution is 0.395. The molecular formula is C20H16ClN3O2S. The normalized spacial score (nSPS) is 10.9. The number of para-hydroxylation sites is 1. The number of aromatic nitrogens is 3. The fraction of sp³-hybridized carbons (Fsp3) is 0.100. The van der Waals surface area contributed by atoms with Crippen molar-refractivity contribution in [2.45, 2.75) is 10.9 Å². The van der Waals surface area contributed by atoms with Crippen molar-refractivity contribution in [3.8, 4) is 22.7 Å². The number of benzene rings is 2. The van der Waals surface area contributed by atoms with Crippen LogP contribution in [0.4, 0.5) is 0 Å². The van der Waals surface area contributed by atoms with Gasteiger partial charge in [0.25, 0.3) is 0 Å². The van der Waals surface area contributed by atoms with Gasteiger partial charge in [0.1, 0.15) is 17.2 Å². The second-order valence-electron chi connectivity index (χ2n) is 5.73. The number of rotatable bonds is 6. The molecule has 0 fully saturated rings. The molecule has 136 valence electrons. The third-order valence-corrected chi connectivity index (χ3v) is 5.20. The van der Waals surface area contributed by atoms with Crippen molar-refractivity contribution in [3.63, 3.8) is 0 Å². The molecule has 0 saturated heterocycles. The van der Waals surface area contributed by atoms with Crippen LogP contribution in [0.5, 0.6) is 5.75 Å². The summed E-state index contributed by atoms with van der Waals surface area (Å²) in [6.45, 7) is 0. The van der Waals surface area contributed by atoms with Crippen LogP contribution in [0, 0.1) is 0 Å². The van der Waals surface area contributed by atoms with E-state index < -0.39 is 0 Å². The van der Waals surface area contributed by atoms with Gasteiger partial charge in [-0.05, 0) is 30.3 Å². The maximum atomic E-state index is 6.10. The van der Waals surface area contributed by atoms with E-state index in [1.165, 1.54) is 0 Å². The van der Waals surface area contributed by atoms with Crippen LogP contribution in [0.25, 0.3) is 16.9 Å². The van der Waals surface area contributed by atoms with E-state index in [1.54, 1.807) is 25.1 Å². The van der Waals surface area contributed by atoms with E-state index in [0.717, 1.165) is 33.6 Å². The molecule has 0 unspecified atom stereocenters. The zero-order chi connectivity index (χ0) is 18.6. The summed E-state index contributed by atoms with van der Waals surface area (Å²) in [5.74, 6) is 2.14. The van der Waals surface area contributed by atoms with Gasteiger partial charge in [0.15, 0.2) is 5.16 Å². The van der Waals surface area contributed by atoms with Crippen molar-refractivity contribution < 1.29 is 9.26 Å². The lowest BCUT2D eigenvalue weighted by Crippen LogP contribution is -1.95. The highest BCUT2D eigenvalue weighted by molar-refractivity contribution is 7.98. The molecule has 27 heavy (non-hydrogen) atoms. The third kappa shape index (κ3) is 3.86. The number of imidazole rings is 1. The van der Waals surface area contributed by atoms with Crippen LogP contribution in [0.1, 0.15) is 5.76 Å². The van der Waals surface area contributed by atoms with Crippen LogP contribution in [-0.2, 0) is 5.75 Å². The molecule has 4 rings (SSSR count). The molecule has 5 nitrogen and oxygen atoms in total. The molecule has 2 aromatic heterocycles. The SMILES string of the molecule is COc1ccccc1-c1cc(CSc2nccn2-c2cccc(Cl)c2)on1. The quantitative estimate of drug-likeness (QED) is 0.403. The van der Waals surface area contributed by atoms with Gasteiger partial charge >= 0.3 is 0 Å². The van der Waals surface area contributed by atoms with E-state index in [0.29, 0.717) is 10.8 Å². The van der Waals surface area contributed by atoms with Crippen LogP contribution in [0.15, 0.2) is 76.7 Å². The van der Waals surface area contributed by atoms with Gasteiger partial charge in [-0.3, -0.25) is 4.57 Å². The van der Waals surface area contributed by atoms with Gasteiger partial charge in [-0.2, -0.15) is 0 Å². The fourth-order valence-corrected chi connectivity index (χ4v) is 3.75. The first kappa shape index (κ1) is 17.7. The summed E-state index contributed by atoms with van der Waals surface area (Å²) in [5.41, 5.74) is 2.62. The van der Waals surface area contributed by atoms with Gasteiger partial charge in [0, 0.05) is 34.7 Å². The molecule has 0 bridgehead atoms. The van der Waals surface area contributed by atoms with E-state index in [1.807, 2.05) is 65.4 Å². The van der Waals surface area contributed by atoms with Crippen LogP contribution >= 0.6 is 23.4 Å². The van der Waals surface area contributed by atoms with Gasteiger partial charge in [0.05, 0.1) is 12.9 Å². The maximum absolute atomic E-state index is 6.10. The molecule has 0 aliphatic rings. The summed E-state index contributed by atoms with van der Waals surface area (Å²) in [6, 6.07) is 17.3. The first-order valence-corrected chi connectivity index (χ1v) is 9.62. The highest BCUT2D eigenvalue weighted by Gasteiger charge is 2.13. The maximum Gasteiger partial charge on any atom is 0.173 e. The first-order chi connectivity index (χ1) is 13.2. The second-order valence-corrected chi connectivity index (χ2v) is 7.11. The number of thioether (sulfide) groups is 1. The second kappa shape index (κ2) is 7.90. The first-order valence-electron chi connectivity index (χ1n) is 8.25. The van der Waals surface area contributed by atoms with Crippen molar-refractivity contribution in [3.05, 3.63) is 77.8 Å². The summed E-state index contributed by atoms with van der Waals surface area (Å²) < 4.78 is 12.9. The zero-order valence-electron chi connectivity index (χ0n) is 14.5. The van der Waals surface area contributed by atoms with Crippen LogP contribution in [0.3, 0.4) is 0 Å². The highest BCUT2D eigenvalue weighted by atomic mass is 35.5. The Hall–Kier alpha value is -2.70. The van der Waals surface area contributed by atoms with Gasteiger partial charge in [-0.25, -0.2) is 4.98 Å². The topological polar surface area (TPSA) is 53.1 Å². The summed E-state index contributed by atoms with van der Waals surface area (Å²) in [4.78, 5) is 4.43. The van der Waals surface area contributed by atoms with E-state index in [-0.39, 0.29) is 0 Å². The Kier molecular flexibility index (Phi) is 5.18. The minimum absolute atomic E-state index is 0.611. The molecular weight excluding hydrogens is 382 g/mol. The molecule has 0 spiro atoms. The molecule has 0 aliphatic carbocycles. The van der Waals surface area contributed by atoms with Crippen molar-refractivity contribution >= 4 is 23.4 Å². The Labute approximate surface area is 165 Å². The largest absolute Gasteiger partial charge is 0.496 e. The third-order valence-electron chi connectivity index (χ3n) is 3.98. The van der Waals surface area contributed by atoms with Gasteiger partial charge in [-0.1, -0.05) is 46.7 Å². The summed E-state index contributed by atoms with van der Waals surface area (Å²) in [7, 11) is 1.64. The Balaban J connectivity index is 1.51. The smallest absolute Gasteiger partial charge is 0.173 e. The lowest BCUT2D eigenvalue weighted by atomic mass is 10.1. The molecule has 0 radical (unpaired) electrons. The molecule has 2 aromatic carbocycles. The summed E-state index contributed by atoms with van der Waals surface area (Å²) in [6.07, 6.45) is 3.68. The van der Waals surface area contributed by atoms with Crippen LogP contribution < -0.4 is 4.74 Å². The van der Waals surface area contributed by atoms with Gasteiger partial charge in [0.2, 0.25) is 0 Å². The minimum atomic E-state index is 0.611. The van der Waals surface area contributed by atoms with Crippen molar-refractivity contribution in [1.82, 2.24) is 14.7 Å². The Morgan fingerprint density at radius 2 is 2.04 bits per heavy atom. The molecule has 0 aliphatic heterocycles. The number of halogens is 1. The predicted octanol–water partition coefficient (Wildman–Crippen LogP) is 5.48. The Morgan fingerprint density at radius 1 is 1.15 bits per heavy atom. The van der Waals surface area contributed by atoms with Gasteiger partial charge < -0.3 is 9.26 Å². The number of hydrogen-bond donors (Lipinski definition) is 0. The molecule has 0 amide bonds. The average molecular weight is 398 g/mol. The summed E-state index contributed by atoms with van der Waals surface area (Å²) in [5, 5.41) is 5.72. The van der Waals surface area contributed by atoms with Crippen molar-refractivity contribution in [2.24, 2.45) is 0 Å². The molecule has 7 heteroatoms. The zero-order valence-corrected chi connectivity index (χ0v) is 16.1. The molecule has 0 atom stereocenters. The summed E-state index contributed by atoms with van der Waals surface area (Å²) >= 11 is 7.67. The Bertz CT molecular complexity index is 1060. The van der Waals surface area contributed by atoms with Crippen LogP contribution in [-0.4, -0.2) is 21.8 Å². The van der Waals surface area contributed by atoms with Crippen LogP contribution in [0.2, 0.25) is 5.02 Å². The number of methoxy groups -OCH3 is 1. The predicted molar refractivity (Wildman–Crippen MR) is 107 cm³/mol. The standard InChI is InChI=1S/C20H16ClN3O2S/c1-25-19-8-3-2-7-17(19)18-12-16(26-23-18)13-27-20-22-9-10-24(20)15-6-4-5-14(21)11-15/h2-12H,13H2,1H3. The molecule has 0 N–H and O–H groups in total. The number of nitrogens with zero attached hydrogens (tertiary/aromatic N) is 3. The van der Waals surface area contributed by atoms with Crippen molar-refractivity contribution in [2.75, 3.05) is 7.11 Å². The monoisotopic (exact) mass is 397 g/mol. The number of ether oxygens (including phenoxy) is 1. The number of hydrogen-bond acceptors (Lipinski definition) is 5. The average Bonchev–Trinajstić information content (AvgIpc) is 3.35. The molecule has 4 aromatic rings. The van der Waals surface area contributed by atoms with E-state index in [2.05, 4.69) is 10.1 Å². The molecule has 2 heterocycles. The van der Waals surface area contributed by atoms with Crippen molar-refractivity contribution in [1.29, 1.82) is 0 Å². The van der Waals surface area contributed by atoms with E-state index in [4.69, 9.17) is 20.9 Å². The fourth-order valence-electron chi connectivity index (χ4n) is 2.72. The van der Waals surface area contributed by atoms with E-state index >= 15 is 0 Å². The van der Waals surface area contributed by atoms with E-state index in [9.17, 15) is 0 Å².